The van der Waals surface area contributed by atoms with Crippen molar-refractivity contribution in [3.8, 4) is 6.07 Å². The number of pyridine rings is 1. The molecule has 0 saturated heterocycles. The van der Waals surface area contributed by atoms with Crippen LogP contribution in [0, 0.1) is 17.1 Å². The number of carbonyl (C=O) groups excluding carboxylic acids is 1. The zero-order chi connectivity index (χ0) is 21.4. The van der Waals surface area contributed by atoms with Gasteiger partial charge in [0.1, 0.15) is 23.5 Å². The predicted octanol–water partition coefficient (Wildman–Crippen LogP) is 3.13. The molecule has 0 unspecified atom stereocenters. The van der Waals surface area contributed by atoms with Gasteiger partial charge in [0, 0.05) is 30.2 Å². The largest absolute Gasteiger partial charge is 0.404 e. The van der Waals surface area contributed by atoms with Crippen LogP contribution < -0.4 is 22.1 Å². The van der Waals surface area contributed by atoms with Gasteiger partial charge in [0.05, 0.1) is 16.8 Å². The van der Waals surface area contributed by atoms with Gasteiger partial charge in [-0.3, -0.25) is 4.79 Å². The van der Waals surface area contributed by atoms with E-state index in [1.165, 1.54) is 24.4 Å². The third-order valence-corrected chi connectivity index (χ3v) is 3.76. The first-order valence-corrected chi connectivity index (χ1v) is 8.28. The van der Waals surface area contributed by atoms with Gasteiger partial charge < -0.3 is 22.1 Å². The highest BCUT2D eigenvalue weighted by molar-refractivity contribution is 6.06. The molecule has 7 nitrogen and oxygen atoms in total. The molecular weight excluding hydrogens is 378 g/mol. The molecule has 2 rings (SSSR count). The molecule has 0 spiro atoms. The van der Waals surface area contributed by atoms with Gasteiger partial charge in [0.25, 0.3) is 5.91 Å². The Hall–Kier alpha value is -4.19. The van der Waals surface area contributed by atoms with Crippen LogP contribution in [0.1, 0.15) is 5.56 Å². The first-order chi connectivity index (χ1) is 13.8. The minimum atomic E-state index is -1.02. The first-order valence-electron chi connectivity index (χ1n) is 8.28. The number of benzene rings is 1. The topological polar surface area (TPSA) is 130 Å². The minimum Gasteiger partial charge on any atom is -0.404 e. The van der Waals surface area contributed by atoms with Crippen LogP contribution in [-0.4, -0.2) is 10.9 Å². The van der Waals surface area contributed by atoms with Gasteiger partial charge in [-0.25, -0.2) is 13.8 Å². The normalized spacial score (nSPS) is 11.5. The van der Waals surface area contributed by atoms with E-state index in [-0.39, 0.29) is 29.2 Å². The Labute approximate surface area is 166 Å². The standard InChI is InChI=1S/C20H18F2N6O/c1-12(17(22)7-13(9-23)10-24)20(29)28-15-4-5-16(21)14(8-15)11-27-18-3-2-6-26-19(18)25/h2-9,27H,1,11,23H2,(H2,25,26)(H,28,29)/b13-9+,17-7+. The van der Waals surface area contributed by atoms with Crippen molar-refractivity contribution < 1.29 is 13.6 Å². The molecule has 0 bridgehead atoms. The van der Waals surface area contributed by atoms with Crippen LogP contribution in [0.5, 0.6) is 0 Å². The van der Waals surface area contributed by atoms with E-state index >= 15 is 0 Å². The Balaban J connectivity index is 2.11. The quantitative estimate of drug-likeness (QED) is 0.323. The first kappa shape index (κ1) is 21.1. The van der Waals surface area contributed by atoms with Crippen LogP contribution in [0.15, 0.2) is 72.4 Å². The number of halogens is 2. The molecule has 0 radical (unpaired) electrons. The summed E-state index contributed by atoms with van der Waals surface area (Å²) in [6.45, 7) is 3.43. The number of nitrogens with two attached hydrogens (primary N) is 2. The third kappa shape index (κ3) is 5.64. The fourth-order valence-electron chi connectivity index (χ4n) is 2.20. The molecule has 6 N–H and O–H groups in total. The molecule has 1 heterocycles. The van der Waals surface area contributed by atoms with E-state index in [0.717, 1.165) is 12.3 Å². The fraction of sp³-hybridized carbons (Fsp3) is 0.0500. The summed E-state index contributed by atoms with van der Waals surface area (Å²) < 4.78 is 28.1. The maximum absolute atomic E-state index is 14.1. The van der Waals surface area contributed by atoms with Crippen molar-refractivity contribution in [1.82, 2.24) is 4.98 Å². The Morgan fingerprint density at radius 3 is 2.79 bits per heavy atom. The van der Waals surface area contributed by atoms with Gasteiger partial charge in [-0.1, -0.05) is 6.58 Å². The minimum absolute atomic E-state index is 0.0769. The lowest BCUT2D eigenvalue weighted by Crippen LogP contribution is -2.15. The molecule has 0 aliphatic rings. The molecule has 1 aromatic carbocycles. The number of hydrogen-bond acceptors (Lipinski definition) is 6. The average Bonchev–Trinajstić information content (AvgIpc) is 2.72. The number of nitrogens with zero attached hydrogens (tertiary/aromatic N) is 2. The number of nitrogen functional groups attached to an aromatic ring is 1. The number of amides is 1. The van der Waals surface area contributed by atoms with Gasteiger partial charge in [0.2, 0.25) is 0 Å². The fourth-order valence-corrected chi connectivity index (χ4v) is 2.20. The number of aromatic nitrogens is 1. The summed E-state index contributed by atoms with van der Waals surface area (Å²) in [5, 5.41) is 14.1. The van der Waals surface area contributed by atoms with Gasteiger partial charge in [-0.2, -0.15) is 5.26 Å². The Bertz CT molecular complexity index is 1040. The number of nitriles is 1. The Morgan fingerprint density at radius 1 is 1.38 bits per heavy atom. The molecular formula is C20H18F2N6O. The van der Waals surface area contributed by atoms with Crippen molar-refractivity contribution in [3.05, 3.63) is 83.7 Å². The second kappa shape index (κ2) is 9.66. The summed E-state index contributed by atoms with van der Waals surface area (Å²) in [5.74, 6) is -2.11. The number of nitrogens with one attached hydrogen (secondary N) is 2. The number of rotatable bonds is 7. The molecule has 0 saturated carbocycles. The molecule has 1 aromatic heterocycles. The van der Waals surface area contributed by atoms with E-state index < -0.39 is 23.1 Å². The zero-order valence-electron chi connectivity index (χ0n) is 15.2. The second-order valence-electron chi connectivity index (χ2n) is 5.75. The summed E-state index contributed by atoms with van der Waals surface area (Å²) in [6.07, 6.45) is 3.22. The summed E-state index contributed by atoms with van der Waals surface area (Å²) in [6, 6.07) is 8.91. The van der Waals surface area contributed by atoms with Crippen LogP contribution >= 0.6 is 0 Å². The van der Waals surface area contributed by atoms with Crippen LogP contribution in [0.3, 0.4) is 0 Å². The van der Waals surface area contributed by atoms with Crippen LogP contribution in [-0.2, 0) is 11.3 Å². The SMILES string of the molecule is C=C(C(=O)Nc1ccc(F)c(CNc2cccnc2N)c1)/C(F)=C\C(C#N)=C/N. The maximum Gasteiger partial charge on any atom is 0.258 e. The van der Waals surface area contributed by atoms with Crippen LogP contribution in [0.25, 0.3) is 0 Å². The lowest BCUT2D eigenvalue weighted by molar-refractivity contribution is -0.112. The molecule has 1 amide bonds. The highest BCUT2D eigenvalue weighted by Gasteiger charge is 2.14. The molecule has 0 aliphatic carbocycles. The number of hydrogen-bond donors (Lipinski definition) is 4. The Morgan fingerprint density at radius 2 is 2.14 bits per heavy atom. The zero-order valence-corrected chi connectivity index (χ0v) is 15.2. The van der Waals surface area contributed by atoms with Crippen molar-refractivity contribution in [1.29, 1.82) is 5.26 Å². The van der Waals surface area contributed by atoms with E-state index in [1.807, 2.05) is 0 Å². The Kier molecular flexibility index (Phi) is 7.03. The molecule has 0 atom stereocenters. The van der Waals surface area contributed by atoms with Crippen LogP contribution in [0.4, 0.5) is 26.0 Å². The highest BCUT2D eigenvalue weighted by Crippen LogP contribution is 2.20. The smallest absolute Gasteiger partial charge is 0.258 e. The van der Waals surface area contributed by atoms with E-state index in [0.29, 0.717) is 5.69 Å². The van der Waals surface area contributed by atoms with Crippen molar-refractivity contribution in [2.75, 3.05) is 16.4 Å². The van der Waals surface area contributed by atoms with Crippen molar-refractivity contribution in [3.63, 3.8) is 0 Å². The summed E-state index contributed by atoms with van der Waals surface area (Å²) in [4.78, 5) is 16.1. The van der Waals surface area contributed by atoms with E-state index in [1.54, 1.807) is 18.2 Å². The lowest BCUT2D eigenvalue weighted by Gasteiger charge is -2.11. The third-order valence-electron chi connectivity index (χ3n) is 3.76. The summed E-state index contributed by atoms with van der Waals surface area (Å²) >= 11 is 0. The molecule has 29 heavy (non-hydrogen) atoms. The van der Waals surface area contributed by atoms with Gasteiger partial charge in [-0.05, 0) is 36.4 Å². The summed E-state index contributed by atoms with van der Waals surface area (Å²) in [7, 11) is 0. The summed E-state index contributed by atoms with van der Waals surface area (Å²) in [5.41, 5.74) is 11.2. The monoisotopic (exact) mass is 396 g/mol. The van der Waals surface area contributed by atoms with E-state index in [2.05, 4.69) is 22.2 Å². The average molecular weight is 396 g/mol. The molecule has 148 valence electrons. The van der Waals surface area contributed by atoms with Gasteiger partial charge in [0.15, 0.2) is 0 Å². The number of carbonyl (C=O) groups is 1. The van der Waals surface area contributed by atoms with Crippen molar-refractivity contribution in [2.45, 2.75) is 6.54 Å². The molecule has 0 fully saturated rings. The van der Waals surface area contributed by atoms with Crippen molar-refractivity contribution >= 4 is 23.1 Å². The number of anilines is 3. The van der Waals surface area contributed by atoms with Gasteiger partial charge >= 0.3 is 0 Å². The van der Waals surface area contributed by atoms with Gasteiger partial charge in [-0.15, -0.1) is 0 Å². The molecule has 0 aliphatic heterocycles. The second-order valence-corrected chi connectivity index (χ2v) is 5.75. The predicted molar refractivity (Wildman–Crippen MR) is 107 cm³/mol. The van der Waals surface area contributed by atoms with Crippen molar-refractivity contribution in [2.24, 2.45) is 5.73 Å². The lowest BCUT2D eigenvalue weighted by atomic mass is 10.1. The van der Waals surface area contributed by atoms with E-state index in [9.17, 15) is 13.6 Å². The molecule has 2 aromatic rings. The maximum atomic E-state index is 14.1. The highest BCUT2D eigenvalue weighted by atomic mass is 19.1. The molecule has 9 heteroatoms. The van der Waals surface area contributed by atoms with Crippen LogP contribution in [0.2, 0.25) is 0 Å². The van der Waals surface area contributed by atoms with E-state index in [4.69, 9.17) is 16.7 Å². The number of allylic oxidation sites excluding steroid dienone is 2.